The minimum atomic E-state index is -0.882. The Labute approximate surface area is 82.6 Å². The van der Waals surface area contributed by atoms with Crippen molar-refractivity contribution in [3.05, 3.63) is 11.3 Å². The molecule has 0 saturated carbocycles. The number of carbonyl (C=O) groups is 2. The van der Waals surface area contributed by atoms with Gasteiger partial charge in [-0.05, 0) is 20.3 Å². The van der Waals surface area contributed by atoms with Crippen molar-refractivity contribution in [1.29, 1.82) is 0 Å². The fraction of sp³-hybridized carbons (Fsp3) is 0.600. The highest BCUT2D eigenvalue weighted by molar-refractivity contribution is 6.18. The quantitative estimate of drug-likeness (QED) is 0.407. The number of ketones is 2. The van der Waals surface area contributed by atoms with Crippen molar-refractivity contribution in [2.45, 2.75) is 39.4 Å². The third-order valence-corrected chi connectivity index (χ3v) is 2.12. The molecule has 0 aromatic carbocycles. The number of rotatable bonds is 2. The van der Waals surface area contributed by atoms with Gasteiger partial charge in [-0.2, -0.15) is 0 Å². The Kier molecular flexibility index (Phi) is 3.41. The number of hydrogen-bond donors (Lipinski definition) is 1. The maximum absolute atomic E-state index is 11.2. The Balaban J connectivity index is 2.97. The van der Waals surface area contributed by atoms with E-state index in [1.807, 2.05) is 0 Å². The molecule has 1 unspecified atom stereocenters. The van der Waals surface area contributed by atoms with E-state index >= 15 is 0 Å². The molecule has 1 heterocycles. The first-order valence-electron chi connectivity index (χ1n) is 4.62. The van der Waals surface area contributed by atoms with Crippen LogP contribution in [0.5, 0.6) is 0 Å². The number of Topliss-reactive ketones (excluding diaryl/α,β-unsaturated/α-hetero) is 2. The van der Waals surface area contributed by atoms with Crippen LogP contribution in [-0.2, 0) is 14.3 Å². The summed E-state index contributed by atoms with van der Waals surface area (Å²) in [7, 11) is 0. The molecular weight excluding hydrogens is 184 g/mol. The molecular formula is C10H14O4. The van der Waals surface area contributed by atoms with Crippen LogP contribution in [0.3, 0.4) is 0 Å². The molecule has 1 atom stereocenters. The molecule has 0 aromatic rings. The highest BCUT2D eigenvalue weighted by Crippen LogP contribution is 2.24. The number of allylic oxidation sites excluding steroid dienone is 2. The minimum absolute atomic E-state index is 0.0868. The SMILES string of the molecule is CC(=O)C(C(C)=O)=C1CCCC(O)O1. The number of aliphatic hydroxyl groups is 1. The zero-order chi connectivity index (χ0) is 10.7. The normalized spacial score (nSPS) is 21.4. The van der Waals surface area contributed by atoms with E-state index in [9.17, 15) is 14.7 Å². The van der Waals surface area contributed by atoms with Crippen molar-refractivity contribution in [1.82, 2.24) is 0 Å². The van der Waals surface area contributed by atoms with Gasteiger partial charge < -0.3 is 9.84 Å². The summed E-state index contributed by atoms with van der Waals surface area (Å²) in [5.41, 5.74) is 0.0868. The van der Waals surface area contributed by atoms with Gasteiger partial charge in [-0.3, -0.25) is 9.59 Å². The molecule has 78 valence electrons. The fourth-order valence-electron chi connectivity index (χ4n) is 1.54. The van der Waals surface area contributed by atoms with Gasteiger partial charge in [0.2, 0.25) is 0 Å². The zero-order valence-electron chi connectivity index (χ0n) is 8.37. The van der Waals surface area contributed by atoms with E-state index in [1.54, 1.807) is 0 Å². The van der Waals surface area contributed by atoms with Gasteiger partial charge in [0.15, 0.2) is 17.9 Å². The van der Waals surface area contributed by atoms with E-state index < -0.39 is 6.29 Å². The molecule has 1 aliphatic heterocycles. The summed E-state index contributed by atoms with van der Waals surface area (Å²) in [5.74, 6) is -0.271. The average Bonchev–Trinajstić information content (AvgIpc) is 2.02. The lowest BCUT2D eigenvalue weighted by molar-refractivity contribution is -0.121. The first kappa shape index (κ1) is 10.9. The first-order valence-corrected chi connectivity index (χ1v) is 4.62. The van der Waals surface area contributed by atoms with Crippen LogP contribution in [0.4, 0.5) is 0 Å². The van der Waals surface area contributed by atoms with Crippen molar-refractivity contribution in [2.24, 2.45) is 0 Å². The highest BCUT2D eigenvalue weighted by Gasteiger charge is 2.23. The van der Waals surface area contributed by atoms with Crippen molar-refractivity contribution in [3.63, 3.8) is 0 Å². The summed E-state index contributed by atoms with van der Waals surface area (Å²) >= 11 is 0. The van der Waals surface area contributed by atoms with E-state index in [0.717, 1.165) is 6.42 Å². The van der Waals surface area contributed by atoms with Crippen LogP contribution in [0, 0.1) is 0 Å². The van der Waals surface area contributed by atoms with Crippen molar-refractivity contribution in [2.75, 3.05) is 0 Å². The fourth-order valence-corrected chi connectivity index (χ4v) is 1.54. The van der Waals surface area contributed by atoms with E-state index in [-0.39, 0.29) is 17.1 Å². The maximum atomic E-state index is 11.2. The van der Waals surface area contributed by atoms with Crippen LogP contribution in [-0.4, -0.2) is 23.0 Å². The summed E-state index contributed by atoms with van der Waals surface area (Å²) in [6.45, 7) is 2.65. The molecule has 0 spiro atoms. The molecule has 4 heteroatoms. The van der Waals surface area contributed by atoms with Gasteiger partial charge in [0.05, 0.1) is 5.57 Å². The predicted octanol–water partition coefficient (Wildman–Crippen LogP) is 0.937. The first-order chi connectivity index (χ1) is 6.52. The predicted molar refractivity (Wildman–Crippen MR) is 49.3 cm³/mol. The molecule has 1 N–H and O–H groups in total. The van der Waals surface area contributed by atoms with Gasteiger partial charge in [0.1, 0.15) is 5.76 Å². The summed E-state index contributed by atoms with van der Waals surface area (Å²) in [6, 6.07) is 0. The molecule has 1 fully saturated rings. The molecule has 14 heavy (non-hydrogen) atoms. The Morgan fingerprint density at radius 1 is 1.36 bits per heavy atom. The largest absolute Gasteiger partial charge is 0.469 e. The number of ether oxygens (including phenoxy) is 1. The molecule has 1 aliphatic rings. The molecule has 4 nitrogen and oxygen atoms in total. The van der Waals surface area contributed by atoms with Crippen LogP contribution >= 0.6 is 0 Å². The van der Waals surface area contributed by atoms with Gasteiger partial charge in [0, 0.05) is 12.8 Å². The van der Waals surface area contributed by atoms with Gasteiger partial charge in [0.25, 0.3) is 0 Å². The Morgan fingerprint density at radius 3 is 2.36 bits per heavy atom. The number of hydrogen-bond acceptors (Lipinski definition) is 4. The Hall–Kier alpha value is -1.16. The smallest absolute Gasteiger partial charge is 0.196 e. The summed E-state index contributed by atoms with van der Waals surface area (Å²) in [5, 5.41) is 9.21. The molecule has 0 radical (unpaired) electrons. The van der Waals surface area contributed by atoms with Gasteiger partial charge >= 0.3 is 0 Å². The van der Waals surface area contributed by atoms with Crippen LogP contribution in [0.25, 0.3) is 0 Å². The van der Waals surface area contributed by atoms with E-state index in [0.29, 0.717) is 18.6 Å². The van der Waals surface area contributed by atoms with Gasteiger partial charge in [-0.15, -0.1) is 0 Å². The average molecular weight is 198 g/mol. The lowest BCUT2D eigenvalue weighted by Gasteiger charge is -2.23. The van der Waals surface area contributed by atoms with Gasteiger partial charge in [-0.1, -0.05) is 0 Å². The van der Waals surface area contributed by atoms with Crippen molar-refractivity contribution in [3.8, 4) is 0 Å². The van der Waals surface area contributed by atoms with Gasteiger partial charge in [-0.25, -0.2) is 0 Å². The molecule has 1 rings (SSSR count). The second-order valence-electron chi connectivity index (χ2n) is 3.38. The molecule has 0 bridgehead atoms. The van der Waals surface area contributed by atoms with Crippen molar-refractivity contribution >= 4 is 11.6 Å². The minimum Gasteiger partial charge on any atom is -0.469 e. The third kappa shape index (κ3) is 2.42. The zero-order valence-corrected chi connectivity index (χ0v) is 8.37. The lowest BCUT2D eigenvalue weighted by atomic mass is 10.0. The van der Waals surface area contributed by atoms with Crippen LogP contribution in [0.1, 0.15) is 33.1 Å². The summed E-state index contributed by atoms with van der Waals surface area (Å²) in [4.78, 5) is 22.3. The second-order valence-corrected chi connectivity index (χ2v) is 3.38. The number of carbonyl (C=O) groups excluding carboxylic acids is 2. The number of aliphatic hydroxyl groups excluding tert-OH is 1. The molecule has 1 saturated heterocycles. The summed E-state index contributed by atoms with van der Waals surface area (Å²) in [6.07, 6.45) is 0.950. The second kappa shape index (κ2) is 4.37. The molecule has 0 aliphatic carbocycles. The van der Waals surface area contributed by atoms with Crippen LogP contribution in [0.15, 0.2) is 11.3 Å². The van der Waals surface area contributed by atoms with Crippen LogP contribution < -0.4 is 0 Å². The van der Waals surface area contributed by atoms with Crippen molar-refractivity contribution < 1.29 is 19.4 Å². The van der Waals surface area contributed by atoms with Crippen LogP contribution in [0.2, 0.25) is 0 Å². The highest BCUT2D eigenvalue weighted by atomic mass is 16.6. The van der Waals surface area contributed by atoms with E-state index in [2.05, 4.69) is 0 Å². The van der Waals surface area contributed by atoms with E-state index in [4.69, 9.17) is 4.74 Å². The maximum Gasteiger partial charge on any atom is 0.196 e. The molecule has 0 aromatic heterocycles. The lowest BCUT2D eigenvalue weighted by Crippen LogP contribution is -2.21. The third-order valence-electron chi connectivity index (χ3n) is 2.12. The standard InChI is InChI=1S/C10H14O4/c1-6(11)10(7(2)12)8-4-3-5-9(13)14-8/h9,13H,3-5H2,1-2H3. The topological polar surface area (TPSA) is 63.6 Å². The van der Waals surface area contributed by atoms with E-state index in [1.165, 1.54) is 13.8 Å². The Morgan fingerprint density at radius 2 is 1.93 bits per heavy atom. The molecule has 0 amide bonds. The Bertz CT molecular complexity index is 274. The summed E-state index contributed by atoms with van der Waals surface area (Å²) < 4.78 is 5.06. The monoisotopic (exact) mass is 198 g/mol.